The summed E-state index contributed by atoms with van der Waals surface area (Å²) in [7, 11) is 0. The SMILES string of the molecule is CC/C=C\C/C=C\C/C=C\C/C=C\CCCCCCCCC(=O)OC(COC(=O)CCCCCCC/C=C\CCCCC)COC(=O)CCCCCCCCCCCCCCCCCCCCCCC. The van der Waals surface area contributed by atoms with Gasteiger partial charge in [0.2, 0.25) is 0 Å². The first-order chi connectivity index (χ1) is 34.5. The monoisotopic (exact) mass is 979 g/mol. The fourth-order valence-electron chi connectivity index (χ4n) is 8.72. The van der Waals surface area contributed by atoms with Crippen molar-refractivity contribution in [2.24, 2.45) is 0 Å². The fourth-order valence-corrected chi connectivity index (χ4v) is 8.72. The molecule has 0 aliphatic heterocycles. The maximum Gasteiger partial charge on any atom is 0.306 e. The summed E-state index contributed by atoms with van der Waals surface area (Å²) >= 11 is 0. The van der Waals surface area contributed by atoms with Gasteiger partial charge >= 0.3 is 17.9 Å². The summed E-state index contributed by atoms with van der Waals surface area (Å²) in [6, 6.07) is 0. The van der Waals surface area contributed by atoms with Crippen LogP contribution in [0.1, 0.15) is 310 Å². The van der Waals surface area contributed by atoms with Gasteiger partial charge in [-0.2, -0.15) is 0 Å². The van der Waals surface area contributed by atoms with Gasteiger partial charge in [-0.05, 0) is 83.5 Å². The molecule has 0 spiro atoms. The average Bonchev–Trinajstić information content (AvgIpc) is 3.36. The second-order valence-electron chi connectivity index (χ2n) is 20.2. The summed E-state index contributed by atoms with van der Waals surface area (Å²) in [5.41, 5.74) is 0. The van der Waals surface area contributed by atoms with Crippen LogP contribution in [0.5, 0.6) is 0 Å². The van der Waals surface area contributed by atoms with Gasteiger partial charge in [-0.1, -0.05) is 268 Å². The fraction of sp³-hybridized carbons (Fsp3) is 0.797. The van der Waals surface area contributed by atoms with Gasteiger partial charge in [0.15, 0.2) is 6.10 Å². The first kappa shape index (κ1) is 67.1. The zero-order valence-electron chi connectivity index (χ0n) is 46.5. The van der Waals surface area contributed by atoms with E-state index >= 15 is 0 Å². The number of carbonyl (C=O) groups excluding carboxylic acids is 3. The Kier molecular flexibility index (Phi) is 56.3. The minimum absolute atomic E-state index is 0.0799. The van der Waals surface area contributed by atoms with E-state index in [0.717, 1.165) is 103 Å². The zero-order chi connectivity index (χ0) is 50.7. The third-order valence-electron chi connectivity index (χ3n) is 13.3. The number of ether oxygens (including phenoxy) is 3. The molecule has 406 valence electrons. The Hall–Kier alpha value is -2.89. The molecule has 1 unspecified atom stereocenters. The largest absolute Gasteiger partial charge is 0.462 e. The van der Waals surface area contributed by atoms with Gasteiger partial charge in [-0.3, -0.25) is 14.4 Å². The highest BCUT2D eigenvalue weighted by Gasteiger charge is 2.19. The van der Waals surface area contributed by atoms with E-state index in [1.54, 1.807) is 0 Å². The molecule has 0 aliphatic rings. The Bertz CT molecular complexity index is 1260. The van der Waals surface area contributed by atoms with Gasteiger partial charge in [-0.25, -0.2) is 0 Å². The van der Waals surface area contributed by atoms with E-state index in [9.17, 15) is 14.4 Å². The van der Waals surface area contributed by atoms with Crippen molar-refractivity contribution in [3.63, 3.8) is 0 Å². The molecule has 0 bridgehead atoms. The highest BCUT2D eigenvalue weighted by molar-refractivity contribution is 5.71. The minimum atomic E-state index is -0.784. The van der Waals surface area contributed by atoms with Gasteiger partial charge in [0.25, 0.3) is 0 Å². The Balaban J connectivity index is 4.32. The summed E-state index contributed by atoms with van der Waals surface area (Å²) in [6.45, 7) is 6.52. The van der Waals surface area contributed by atoms with Crippen LogP contribution in [0.2, 0.25) is 0 Å². The Morgan fingerprint density at radius 1 is 0.300 bits per heavy atom. The normalized spacial score (nSPS) is 12.4. The van der Waals surface area contributed by atoms with E-state index in [0.29, 0.717) is 19.3 Å². The van der Waals surface area contributed by atoms with Crippen molar-refractivity contribution >= 4 is 17.9 Å². The molecule has 0 aromatic heterocycles. The minimum Gasteiger partial charge on any atom is -0.462 e. The number of carbonyl (C=O) groups is 3. The summed E-state index contributed by atoms with van der Waals surface area (Å²) in [5.74, 6) is -0.889. The summed E-state index contributed by atoms with van der Waals surface area (Å²) in [5, 5.41) is 0. The Morgan fingerprint density at radius 3 is 0.914 bits per heavy atom. The third-order valence-corrected chi connectivity index (χ3v) is 13.3. The van der Waals surface area contributed by atoms with Crippen LogP contribution in [0.25, 0.3) is 0 Å². The number of hydrogen-bond donors (Lipinski definition) is 0. The first-order valence-electron chi connectivity index (χ1n) is 30.3. The maximum absolute atomic E-state index is 12.9. The molecule has 0 rings (SSSR count). The lowest BCUT2D eigenvalue weighted by atomic mass is 10.0. The molecular weight excluding hydrogens is 865 g/mol. The molecule has 6 nitrogen and oxygen atoms in total. The molecule has 0 saturated heterocycles. The van der Waals surface area contributed by atoms with Crippen LogP contribution in [-0.4, -0.2) is 37.2 Å². The second kappa shape index (κ2) is 58.7. The molecule has 70 heavy (non-hydrogen) atoms. The van der Waals surface area contributed by atoms with Crippen molar-refractivity contribution in [2.75, 3.05) is 13.2 Å². The highest BCUT2D eigenvalue weighted by atomic mass is 16.6. The van der Waals surface area contributed by atoms with Crippen molar-refractivity contribution in [1.82, 2.24) is 0 Å². The van der Waals surface area contributed by atoms with Gasteiger partial charge in [-0.15, -0.1) is 0 Å². The molecule has 0 fully saturated rings. The lowest BCUT2D eigenvalue weighted by molar-refractivity contribution is -0.167. The zero-order valence-corrected chi connectivity index (χ0v) is 46.5. The smallest absolute Gasteiger partial charge is 0.306 e. The predicted molar refractivity (Wildman–Crippen MR) is 302 cm³/mol. The van der Waals surface area contributed by atoms with Crippen LogP contribution in [0.3, 0.4) is 0 Å². The first-order valence-corrected chi connectivity index (χ1v) is 30.3. The molecule has 0 heterocycles. The van der Waals surface area contributed by atoms with Gasteiger partial charge in [0.1, 0.15) is 13.2 Å². The van der Waals surface area contributed by atoms with Crippen LogP contribution in [0, 0.1) is 0 Å². The van der Waals surface area contributed by atoms with E-state index in [1.165, 1.54) is 167 Å². The van der Waals surface area contributed by atoms with Gasteiger partial charge < -0.3 is 14.2 Å². The molecule has 1 atom stereocenters. The Morgan fingerprint density at radius 2 is 0.557 bits per heavy atom. The molecule has 0 amide bonds. The summed E-state index contributed by atoms with van der Waals surface area (Å²) in [6.07, 6.45) is 73.6. The van der Waals surface area contributed by atoms with Crippen molar-refractivity contribution in [1.29, 1.82) is 0 Å². The predicted octanol–water partition coefficient (Wildman–Crippen LogP) is 20.4. The van der Waals surface area contributed by atoms with Crippen molar-refractivity contribution in [3.8, 4) is 0 Å². The molecule has 0 aromatic carbocycles. The van der Waals surface area contributed by atoms with E-state index in [2.05, 4.69) is 81.5 Å². The number of allylic oxidation sites excluding steroid dienone is 10. The number of esters is 3. The Labute approximate surface area is 434 Å². The summed E-state index contributed by atoms with van der Waals surface area (Å²) in [4.78, 5) is 38.2. The van der Waals surface area contributed by atoms with Crippen molar-refractivity contribution < 1.29 is 28.6 Å². The highest BCUT2D eigenvalue weighted by Crippen LogP contribution is 2.17. The second-order valence-corrected chi connectivity index (χ2v) is 20.2. The molecule has 0 aliphatic carbocycles. The lowest BCUT2D eigenvalue weighted by Crippen LogP contribution is -2.30. The molecule has 6 heteroatoms. The van der Waals surface area contributed by atoms with E-state index < -0.39 is 6.10 Å². The van der Waals surface area contributed by atoms with E-state index in [-0.39, 0.29) is 31.1 Å². The van der Waals surface area contributed by atoms with E-state index in [4.69, 9.17) is 14.2 Å². The van der Waals surface area contributed by atoms with Crippen LogP contribution >= 0.6 is 0 Å². The van der Waals surface area contributed by atoms with Crippen LogP contribution in [0.15, 0.2) is 60.8 Å². The molecule has 0 aromatic rings. The van der Waals surface area contributed by atoms with E-state index in [1.807, 2.05) is 0 Å². The number of rotatable bonds is 55. The third kappa shape index (κ3) is 56.0. The molecule has 0 radical (unpaired) electrons. The topological polar surface area (TPSA) is 78.9 Å². The van der Waals surface area contributed by atoms with Crippen LogP contribution in [0.4, 0.5) is 0 Å². The summed E-state index contributed by atoms with van der Waals surface area (Å²) < 4.78 is 16.9. The van der Waals surface area contributed by atoms with Crippen molar-refractivity contribution in [2.45, 2.75) is 316 Å². The standard InChI is InChI=1S/C64H114O6/c1-4-7-10-13-16-19-22-25-27-29-31-32-34-35-37-39-42-45-48-51-54-57-63(66)69-60-61(59-68-62(65)56-53-50-47-44-41-24-21-18-15-12-9-6-3)70-64(67)58-55-52-49-46-43-40-38-36-33-30-28-26-23-20-17-14-11-8-5-2/h8,11,17-18,20-21,26,28,33,36,61H,4-7,9-10,12-16,19,22-25,27,29-32,34-35,37-60H2,1-3H3/b11-8-,20-17-,21-18-,28-26-,36-33-. The maximum atomic E-state index is 12.9. The van der Waals surface area contributed by atoms with Crippen LogP contribution < -0.4 is 0 Å². The quantitative estimate of drug-likeness (QED) is 0.0261. The van der Waals surface area contributed by atoms with Crippen molar-refractivity contribution in [3.05, 3.63) is 60.8 Å². The van der Waals surface area contributed by atoms with Gasteiger partial charge in [0, 0.05) is 19.3 Å². The molecule has 0 N–H and O–H groups in total. The average molecular weight is 980 g/mol. The lowest BCUT2D eigenvalue weighted by Gasteiger charge is -2.18. The molecular formula is C64H114O6. The molecule has 0 saturated carbocycles. The number of hydrogen-bond acceptors (Lipinski definition) is 6. The van der Waals surface area contributed by atoms with Gasteiger partial charge in [0.05, 0.1) is 0 Å². The number of unbranched alkanes of at least 4 members (excludes halogenated alkanes) is 34. The van der Waals surface area contributed by atoms with Crippen LogP contribution in [-0.2, 0) is 28.6 Å².